The van der Waals surface area contributed by atoms with Crippen LogP contribution in [0.1, 0.15) is 323 Å². The molecule has 1 unspecified atom stereocenters. The Labute approximate surface area is 527 Å². The summed E-state index contributed by atoms with van der Waals surface area (Å²) < 4.78 is 25.7. The molecule has 4 aromatic carbocycles. The molecular formula is C78H120O4S2. The normalized spacial score (nSPS) is 12.0. The average Bonchev–Trinajstić information content (AvgIpc) is 3.73. The summed E-state index contributed by atoms with van der Waals surface area (Å²) in [6.45, 7) is 12.0. The van der Waals surface area contributed by atoms with Gasteiger partial charge in [-0.25, -0.2) is 0 Å². The number of benzene rings is 4. The molecule has 0 heterocycles. The summed E-state index contributed by atoms with van der Waals surface area (Å²) in [6.07, 6.45) is 61.2. The van der Waals surface area contributed by atoms with Gasteiger partial charge in [-0.2, -0.15) is 12.6 Å². The van der Waals surface area contributed by atoms with E-state index in [1.165, 1.54) is 231 Å². The predicted molar refractivity (Wildman–Crippen MR) is 376 cm³/mol. The molecule has 4 aromatic rings. The van der Waals surface area contributed by atoms with Gasteiger partial charge < -0.3 is 18.9 Å². The second-order valence-corrected chi connectivity index (χ2v) is 25.2. The van der Waals surface area contributed by atoms with Crippen LogP contribution in [0.15, 0.2) is 84.9 Å². The van der Waals surface area contributed by atoms with Crippen molar-refractivity contribution in [1.29, 1.82) is 0 Å². The first kappa shape index (κ1) is 72.5. The van der Waals surface area contributed by atoms with Crippen molar-refractivity contribution in [2.24, 2.45) is 0 Å². The Hall–Kier alpha value is -4.00. The lowest BCUT2D eigenvalue weighted by Gasteiger charge is -2.14. The van der Waals surface area contributed by atoms with Gasteiger partial charge in [0.05, 0.1) is 31.7 Å². The fourth-order valence-electron chi connectivity index (χ4n) is 11.0. The molecule has 1 atom stereocenters. The number of thiocarbonyl (C=S) groups is 1. The monoisotopic (exact) mass is 1180 g/mol. The van der Waals surface area contributed by atoms with E-state index < -0.39 is 0 Å². The minimum absolute atomic E-state index is 0.202. The summed E-state index contributed by atoms with van der Waals surface area (Å²) in [6, 6.07) is 29.9. The average molecular weight is 1190 g/mol. The summed E-state index contributed by atoms with van der Waals surface area (Å²) in [7, 11) is 0. The van der Waals surface area contributed by atoms with Crippen molar-refractivity contribution in [3.63, 3.8) is 0 Å². The molecule has 0 radical (unpaired) electrons. The third-order valence-electron chi connectivity index (χ3n) is 16.6. The van der Waals surface area contributed by atoms with Gasteiger partial charge in [0.1, 0.15) is 0 Å². The van der Waals surface area contributed by atoms with E-state index in [0.29, 0.717) is 6.61 Å². The highest BCUT2D eigenvalue weighted by atomic mass is 32.1. The summed E-state index contributed by atoms with van der Waals surface area (Å²) in [5.41, 5.74) is 6.52. The molecule has 0 N–H and O–H groups in total. The molecule has 0 aliphatic heterocycles. The van der Waals surface area contributed by atoms with Crippen LogP contribution in [0.25, 0.3) is 24.3 Å². The maximum atomic E-state index is 6.47. The Kier molecular flexibility index (Phi) is 43.2. The van der Waals surface area contributed by atoms with Gasteiger partial charge in [0.25, 0.3) is 0 Å². The number of hydrogen-bond donors (Lipinski definition) is 1. The molecular weight excluding hydrogens is 1060 g/mol. The van der Waals surface area contributed by atoms with Crippen molar-refractivity contribution < 1.29 is 18.9 Å². The first-order valence-corrected chi connectivity index (χ1v) is 36.0. The summed E-state index contributed by atoms with van der Waals surface area (Å²) in [4.78, 5) is 0.815. The summed E-state index contributed by atoms with van der Waals surface area (Å²) >= 11 is 11.1. The fourth-order valence-corrected chi connectivity index (χ4v) is 11.6. The number of thiol groups is 1. The van der Waals surface area contributed by atoms with Crippen LogP contribution < -0.4 is 18.9 Å². The Morgan fingerprint density at radius 2 is 0.548 bits per heavy atom. The Bertz CT molecular complexity index is 2270. The zero-order valence-corrected chi connectivity index (χ0v) is 55.8. The van der Waals surface area contributed by atoms with Gasteiger partial charge in [0.2, 0.25) is 0 Å². The Morgan fingerprint density at radius 1 is 0.310 bits per heavy atom. The number of hydrogen-bond acceptors (Lipinski definition) is 6. The lowest BCUT2D eigenvalue weighted by molar-refractivity contribution is 0.258. The van der Waals surface area contributed by atoms with Crippen molar-refractivity contribution in [3.05, 3.63) is 118 Å². The van der Waals surface area contributed by atoms with E-state index in [9.17, 15) is 0 Å². The molecule has 0 spiro atoms. The van der Waals surface area contributed by atoms with Crippen LogP contribution in [0, 0.1) is 0 Å². The van der Waals surface area contributed by atoms with E-state index in [1.54, 1.807) is 0 Å². The summed E-state index contributed by atoms with van der Waals surface area (Å²) in [5.74, 6) is 3.42. The molecule has 0 saturated heterocycles. The molecule has 0 saturated carbocycles. The van der Waals surface area contributed by atoms with Gasteiger partial charge in [0.15, 0.2) is 23.0 Å². The molecule has 0 aromatic heterocycles. The molecule has 0 amide bonds. The van der Waals surface area contributed by atoms with E-state index in [1.807, 2.05) is 0 Å². The smallest absolute Gasteiger partial charge is 0.161 e. The van der Waals surface area contributed by atoms with Crippen LogP contribution in [0.3, 0.4) is 0 Å². The molecule has 4 nitrogen and oxygen atoms in total. The predicted octanol–water partition coefficient (Wildman–Crippen LogP) is 25.6. The fraction of sp³-hybridized carbons (Fsp3) is 0.628. The molecule has 468 valence electrons. The molecule has 4 rings (SSSR count). The highest BCUT2D eigenvalue weighted by Crippen LogP contribution is 2.33. The van der Waals surface area contributed by atoms with Crippen LogP contribution in [0.5, 0.6) is 23.0 Å². The third kappa shape index (κ3) is 34.4. The Balaban J connectivity index is 1.29. The third-order valence-corrected chi connectivity index (χ3v) is 17.8. The lowest BCUT2D eigenvalue weighted by atomic mass is 10.0. The van der Waals surface area contributed by atoms with Crippen molar-refractivity contribution in [3.8, 4) is 23.0 Å². The molecule has 6 heteroatoms. The maximum Gasteiger partial charge on any atom is 0.161 e. The SMILES string of the molecule is CCCCCCCCCCCCOc1ccc(C=Cc2ccc(C(=S)C(S)c3ccc(C=Cc4ccc(OCCCCCCCCCCCC)c(OCCCCCCCCCCCC)c4)cc3)cc2)cc1OCCCCCCCCCCCC. The van der Waals surface area contributed by atoms with Crippen LogP contribution in [0.4, 0.5) is 0 Å². The standard InChI is InChI=1S/C78H120O4S2/c1-5-9-13-17-21-25-29-33-37-41-61-79-73-59-53-69(65-75(73)81-63-43-39-35-31-27-23-19-15-11-7-3)47-45-67-49-55-71(56-50-67)77(83)78(84)72-57-51-68(52-58-72)46-48-70-54-60-74(80-62-42-38-34-30-26-22-18-14-10-6-2)76(66-70)82-64-44-40-36-32-28-24-20-16-12-8-4/h45-60,65-66,77,83H,5-44,61-64H2,1-4H3. The number of rotatable bonds is 55. The van der Waals surface area contributed by atoms with Crippen molar-refractivity contribution in [2.45, 2.75) is 290 Å². The van der Waals surface area contributed by atoms with Gasteiger partial charge in [0, 0.05) is 4.86 Å². The van der Waals surface area contributed by atoms with Gasteiger partial charge in [-0.1, -0.05) is 356 Å². The van der Waals surface area contributed by atoms with Gasteiger partial charge in [-0.05, 0) is 83.3 Å². The van der Waals surface area contributed by atoms with Crippen LogP contribution in [-0.4, -0.2) is 31.3 Å². The van der Waals surface area contributed by atoms with Crippen LogP contribution in [-0.2, 0) is 0 Å². The molecule has 0 aliphatic rings. The summed E-state index contributed by atoms with van der Waals surface area (Å²) in [5, 5.41) is -0.202. The topological polar surface area (TPSA) is 36.9 Å². The zero-order valence-electron chi connectivity index (χ0n) is 54.1. The molecule has 84 heavy (non-hydrogen) atoms. The van der Waals surface area contributed by atoms with E-state index >= 15 is 0 Å². The van der Waals surface area contributed by atoms with Gasteiger partial charge >= 0.3 is 0 Å². The van der Waals surface area contributed by atoms with Gasteiger partial charge in [-0.15, -0.1) is 0 Å². The largest absolute Gasteiger partial charge is 0.490 e. The van der Waals surface area contributed by atoms with Crippen molar-refractivity contribution in [2.75, 3.05) is 26.4 Å². The van der Waals surface area contributed by atoms with E-state index in [4.69, 9.17) is 43.8 Å². The highest BCUT2D eigenvalue weighted by molar-refractivity contribution is 7.86. The first-order chi connectivity index (χ1) is 41.4. The van der Waals surface area contributed by atoms with E-state index in [2.05, 4.69) is 137 Å². The first-order valence-electron chi connectivity index (χ1n) is 35.0. The number of ether oxygens (including phenoxy) is 4. The second-order valence-electron chi connectivity index (χ2n) is 24.3. The molecule has 0 fully saturated rings. The highest BCUT2D eigenvalue weighted by Gasteiger charge is 2.15. The Morgan fingerprint density at radius 3 is 0.845 bits per heavy atom. The van der Waals surface area contributed by atoms with Crippen molar-refractivity contribution in [1.82, 2.24) is 0 Å². The minimum atomic E-state index is -0.202. The van der Waals surface area contributed by atoms with E-state index in [-0.39, 0.29) is 5.25 Å². The van der Waals surface area contributed by atoms with Crippen LogP contribution in [0.2, 0.25) is 0 Å². The second kappa shape index (κ2) is 50.0. The van der Waals surface area contributed by atoms with Crippen molar-refractivity contribution >= 4 is 54.0 Å². The van der Waals surface area contributed by atoms with Crippen LogP contribution >= 0.6 is 24.8 Å². The van der Waals surface area contributed by atoms with Gasteiger partial charge in [-0.3, -0.25) is 0 Å². The molecule has 0 bridgehead atoms. The minimum Gasteiger partial charge on any atom is -0.490 e. The zero-order chi connectivity index (χ0) is 59.6. The quantitative estimate of drug-likeness (QED) is 0.0157. The maximum absolute atomic E-state index is 6.47. The number of unbranched alkanes of at least 4 members (excludes halogenated alkanes) is 36. The van der Waals surface area contributed by atoms with E-state index in [0.717, 1.165) is 107 Å². The lowest BCUT2D eigenvalue weighted by Crippen LogP contribution is -2.06. The molecule has 0 aliphatic carbocycles.